The van der Waals surface area contributed by atoms with E-state index in [0.717, 1.165) is 0 Å². The van der Waals surface area contributed by atoms with E-state index in [2.05, 4.69) is 20.9 Å². The van der Waals surface area contributed by atoms with Crippen molar-refractivity contribution in [1.82, 2.24) is 4.98 Å². The van der Waals surface area contributed by atoms with Gasteiger partial charge in [-0.2, -0.15) is 13.2 Å². The van der Waals surface area contributed by atoms with Crippen molar-refractivity contribution in [3.05, 3.63) is 28.6 Å². The molecule has 0 bridgehead atoms. The molecule has 0 aliphatic carbocycles. The Morgan fingerprint density at radius 2 is 2.00 bits per heavy atom. The summed E-state index contributed by atoms with van der Waals surface area (Å²) in [6, 6.07) is 0. The smallest absolute Gasteiger partial charge is 0.418 e. The van der Waals surface area contributed by atoms with Crippen molar-refractivity contribution in [3.8, 4) is 0 Å². The topological polar surface area (TPSA) is 50.2 Å². The van der Waals surface area contributed by atoms with E-state index in [1.165, 1.54) is 0 Å². The van der Waals surface area contributed by atoms with Gasteiger partial charge in [0.1, 0.15) is 0 Å². The van der Waals surface area contributed by atoms with Crippen LogP contribution in [0.15, 0.2) is 6.20 Å². The first-order chi connectivity index (χ1) is 8.20. The number of hydrogen-bond donors (Lipinski definition) is 1. The van der Waals surface area contributed by atoms with E-state index in [4.69, 9.17) is 5.11 Å². The maximum absolute atomic E-state index is 12.7. The molecule has 1 aromatic rings. The predicted octanol–water partition coefficient (Wildman–Crippen LogP) is 3.63. The van der Waals surface area contributed by atoms with E-state index in [-0.39, 0.29) is 0 Å². The van der Waals surface area contributed by atoms with Crippen LogP contribution in [0.25, 0.3) is 0 Å². The summed E-state index contributed by atoms with van der Waals surface area (Å²) < 4.78 is 63.5. The molecular weight excluding hydrogens is 329 g/mol. The fourth-order valence-electron chi connectivity index (χ4n) is 1.38. The first-order valence-corrected chi connectivity index (χ1v) is 5.48. The van der Waals surface area contributed by atoms with Gasteiger partial charge in [-0.3, -0.25) is 4.98 Å². The third-order valence-electron chi connectivity index (χ3n) is 2.06. The quantitative estimate of drug-likeness (QED) is 0.678. The van der Waals surface area contributed by atoms with E-state index in [1.54, 1.807) is 0 Å². The van der Waals surface area contributed by atoms with Crippen molar-refractivity contribution in [2.45, 2.75) is 17.9 Å². The van der Waals surface area contributed by atoms with Gasteiger partial charge in [0.25, 0.3) is 6.43 Å². The molecule has 9 heteroatoms. The molecule has 0 atom stereocenters. The molecule has 0 radical (unpaired) electrons. The zero-order valence-corrected chi connectivity index (χ0v) is 10.0. The molecule has 0 amide bonds. The molecule has 0 fully saturated rings. The van der Waals surface area contributed by atoms with Crippen LogP contribution in [0.5, 0.6) is 0 Å². The molecule has 0 unspecified atom stereocenters. The van der Waals surface area contributed by atoms with Gasteiger partial charge in [-0.25, -0.2) is 13.6 Å². The van der Waals surface area contributed by atoms with Crippen LogP contribution in [0.2, 0.25) is 0 Å². The fraction of sp³-hybridized carbons (Fsp3) is 0.333. The van der Waals surface area contributed by atoms with Crippen LogP contribution < -0.4 is 0 Å². The average Bonchev–Trinajstić information content (AvgIpc) is 2.25. The molecule has 100 valence electrons. The van der Waals surface area contributed by atoms with Gasteiger partial charge in [0.2, 0.25) is 0 Å². The normalized spacial score (nSPS) is 11.9. The molecule has 1 heterocycles. The molecule has 0 spiro atoms. The number of nitrogens with zero attached hydrogens (tertiary/aromatic N) is 1. The maximum atomic E-state index is 12.7. The lowest BCUT2D eigenvalue weighted by atomic mass is 10.0. The van der Waals surface area contributed by atoms with E-state index < -0.39 is 46.3 Å². The van der Waals surface area contributed by atoms with Gasteiger partial charge in [0, 0.05) is 17.1 Å². The van der Waals surface area contributed by atoms with Gasteiger partial charge in [0.15, 0.2) is 0 Å². The number of carbonyl (C=O) groups is 1. The van der Waals surface area contributed by atoms with Crippen LogP contribution in [0.4, 0.5) is 22.0 Å². The van der Waals surface area contributed by atoms with Crippen LogP contribution >= 0.6 is 15.9 Å². The Hall–Kier alpha value is -1.25. The minimum absolute atomic E-state index is 0.415. The van der Waals surface area contributed by atoms with Crippen molar-refractivity contribution < 1.29 is 31.9 Å². The van der Waals surface area contributed by atoms with Crippen molar-refractivity contribution in [2.24, 2.45) is 0 Å². The summed E-state index contributed by atoms with van der Waals surface area (Å²) in [6.45, 7) is 0. The van der Waals surface area contributed by atoms with Gasteiger partial charge in [0.05, 0.1) is 16.8 Å². The largest absolute Gasteiger partial charge is 0.478 e. The number of aromatic nitrogens is 1. The summed E-state index contributed by atoms with van der Waals surface area (Å²) in [5.74, 6) is -1.88. The molecule has 0 aromatic carbocycles. The number of rotatable bonds is 3. The van der Waals surface area contributed by atoms with E-state index >= 15 is 0 Å². The SMILES string of the molecule is O=C(O)c1cnc(CBr)c(C(F)(F)F)c1C(F)F. The Labute approximate surface area is 106 Å². The molecule has 3 nitrogen and oxygen atoms in total. The third kappa shape index (κ3) is 2.77. The Bertz CT molecular complexity index is 475. The molecule has 0 saturated heterocycles. The van der Waals surface area contributed by atoms with Crippen LogP contribution in [-0.4, -0.2) is 16.1 Å². The first kappa shape index (κ1) is 14.8. The summed E-state index contributed by atoms with van der Waals surface area (Å²) in [7, 11) is 0. The highest BCUT2D eigenvalue weighted by Gasteiger charge is 2.41. The molecular formula is C9H5BrF5NO2. The maximum Gasteiger partial charge on any atom is 0.418 e. The highest BCUT2D eigenvalue weighted by atomic mass is 79.9. The van der Waals surface area contributed by atoms with Crippen molar-refractivity contribution in [1.29, 1.82) is 0 Å². The predicted molar refractivity (Wildman–Crippen MR) is 53.8 cm³/mol. The second-order valence-corrected chi connectivity index (χ2v) is 3.71. The number of aromatic carboxylic acids is 1. The lowest BCUT2D eigenvalue weighted by Gasteiger charge is -2.17. The summed E-state index contributed by atoms with van der Waals surface area (Å²) >= 11 is 2.69. The van der Waals surface area contributed by atoms with E-state index in [0.29, 0.717) is 6.20 Å². The minimum atomic E-state index is -5.10. The van der Waals surface area contributed by atoms with Gasteiger partial charge < -0.3 is 5.11 Å². The van der Waals surface area contributed by atoms with Gasteiger partial charge in [-0.1, -0.05) is 15.9 Å². The Morgan fingerprint density at radius 3 is 2.33 bits per heavy atom. The number of carboxylic acids is 1. The summed E-state index contributed by atoms with van der Waals surface area (Å²) in [4.78, 5) is 13.9. The summed E-state index contributed by atoms with van der Waals surface area (Å²) in [6.07, 6.45) is -8.17. The molecule has 18 heavy (non-hydrogen) atoms. The van der Waals surface area contributed by atoms with Crippen molar-refractivity contribution >= 4 is 21.9 Å². The molecule has 0 aliphatic rings. The van der Waals surface area contributed by atoms with Crippen LogP contribution in [0.1, 0.15) is 33.6 Å². The second-order valence-electron chi connectivity index (χ2n) is 3.14. The average molecular weight is 334 g/mol. The molecule has 0 aliphatic heterocycles. The van der Waals surface area contributed by atoms with Crippen LogP contribution in [-0.2, 0) is 11.5 Å². The first-order valence-electron chi connectivity index (χ1n) is 4.36. The lowest BCUT2D eigenvalue weighted by Crippen LogP contribution is -2.18. The number of hydrogen-bond acceptors (Lipinski definition) is 2. The summed E-state index contributed by atoms with van der Waals surface area (Å²) in [5, 5.41) is 8.20. The summed E-state index contributed by atoms with van der Waals surface area (Å²) in [5.41, 5.74) is -5.08. The van der Waals surface area contributed by atoms with Gasteiger partial charge >= 0.3 is 12.1 Å². The number of alkyl halides is 6. The number of carboxylic acid groups (broad SMARTS) is 1. The van der Waals surface area contributed by atoms with Crippen molar-refractivity contribution in [2.75, 3.05) is 0 Å². The Morgan fingerprint density at radius 1 is 1.44 bits per heavy atom. The second kappa shape index (κ2) is 5.17. The zero-order chi connectivity index (χ0) is 14.1. The van der Waals surface area contributed by atoms with Gasteiger partial charge in [-0.05, 0) is 0 Å². The number of halogens is 6. The Balaban J connectivity index is 3.71. The molecule has 1 N–H and O–H groups in total. The Kier molecular flexibility index (Phi) is 4.25. The van der Waals surface area contributed by atoms with Gasteiger partial charge in [-0.15, -0.1) is 0 Å². The highest BCUT2D eigenvalue weighted by molar-refractivity contribution is 9.08. The van der Waals surface area contributed by atoms with Crippen LogP contribution in [0.3, 0.4) is 0 Å². The molecule has 0 saturated carbocycles. The molecule has 1 rings (SSSR count). The highest BCUT2D eigenvalue weighted by Crippen LogP contribution is 2.40. The van der Waals surface area contributed by atoms with Crippen LogP contribution in [0, 0.1) is 0 Å². The van der Waals surface area contributed by atoms with E-state index in [9.17, 15) is 26.7 Å². The fourth-order valence-corrected chi connectivity index (χ4v) is 1.81. The molecule has 1 aromatic heterocycles. The standard InChI is InChI=1S/C9H5BrF5NO2/c10-1-4-6(9(13,14)15)5(7(11)12)3(2-16-4)8(17)18/h2,7H,1H2,(H,17,18). The lowest BCUT2D eigenvalue weighted by molar-refractivity contribution is -0.140. The van der Waals surface area contributed by atoms with Crippen molar-refractivity contribution in [3.63, 3.8) is 0 Å². The number of pyridine rings is 1. The monoisotopic (exact) mass is 333 g/mol. The van der Waals surface area contributed by atoms with E-state index in [1.807, 2.05) is 0 Å². The minimum Gasteiger partial charge on any atom is -0.478 e. The zero-order valence-electron chi connectivity index (χ0n) is 8.43. The third-order valence-corrected chi connectivity index (χ3v) is 2.59.